The van der Waals surface area contributed by atoms with Crippen molar-refractivity contribution in [1.82, 2.24) is 15.2 Å². The van der Waals surface area contributed by atoms with Crippen molar-refractivity contribution in [3.05, 3.63) is 65.5 Å². The fourth-order valence-electron chi connectivity index (χ4n) is 3.08. The van der Waals surface area contributed by atoms with E-state index in [1.807, 2.05) is 56.3 Å². The van der Waals surface area contributed by atoms with E-state index in [2.05, 4.69) is 10.3 Å². The summed E-state index contributed by atoms with van der Waals surface area (Å²) in [7, 11) is 0. The Hall–Kier alpha value is -2.34. The predicted molar refractivity (Wildman–Crippen MR) is 104 cm³/mol. The lowest BCUT2D eigenvalue weighted by Gasteiger charge is -2.28. The van der Waals surface area contributed by atoms with Crippen molar-refractivity contribution in [3.63, 3.8) is 0 Å². The minimum Gasteiger partial charge on any atom is -0.349 e. The molecule has 1 aromatic carbocycles. The van der Waals surface area contributed by atoms with Crippen LogP contribution in [0.25, 0.3) is 0 Å². The number of aromatic nitrogens is 1. The second-order valence-electron chi connectivity index (χ2n) is 6.33. The first-order valence-electron chi connectivity index (χ1n) is 8.78. The van der Waals surface area contributed by atoms with Gasteiger partial charge in [-0.2, -0.15) is 0 Å². The average molecular weight is 369 g/mol. The highest BCUT2D eigenvalue weighted by atomic mass is 32.2. The molecular weight excluding hydrogens is 346 g/mol. The summed E-state index contributed by atoms with van der Waals surface area (Å²) in [6.07, 6.45) is 2.51. The van der Waals surface area contributed by atoms with Crippen molar-refractivity contribution in [2.75, 3.05) is 5.75 Å². The fourth-order valence-corrected chi connectivity index (χ4v) is 4.43. The zero-order valence-electron chi connectivity index (χ0n) is 15.0. The number of hydrogen-bond acceptors (Lipinski definition) is 4. The van der Waals surface area contributed by atoms with Gasteiger partial charge in [0.05, 0.1) is 17.6 Å². The molecule has 2 amide bonds. The molecule has 1 aliphatic heterocycles. The second kappa shape index (κ2) is 8.36. The third-order valence-electron chi connectivity index (χ3n) is 4.41. The molecule has 0 bridgehead atoms. The van der Waals surface area contributed by atoms with E-state index in [-0.39, 0.29) is 17.2 Å². The first-order chi connectivity index (χ1) is 12.6. The summed E-state index contributed by atoms with van der Waals surface area (Å²) in [6.45, 7) is 4.37. The van der Waals surface area contributed by atoms with Crippen molar-refractivity contribution in [3.8, 4) is 0 Å². The Balaban J connectivity index is 1.74. The zero-order valence-corrected chi connectivity index (χ0v) is 15.8. The summed E-state index contributed by atoms with van der Waals surface area (Å²) in [4.78, 5) is 31.8. The van der Waals surface area contributed by atoms with Crippen molar-refractivity contribution in [2.24, 2.45) is 0 Å². The number of benzene rings is 1. The van der Waals surface area contributed by atoms with Crippen LogP contribution < -0.4 is 5.32 Å². The number of rotatable bonds is 5. The maximum atomic E-state index is 13.1. The molecule has 2 aromatic rings. The number of nitrogens with one attached hydrogen (secondary N) is 1. The van der Waals surface area contributed by atoms with Gasteiger partial charge < -0.3 is 10.2 Å². The molecular formula is C20H23N3O2S. The monoisotopic (exact) mass is 369 g/mol. The minimum atomic E-state index is -0.457. The number of pyridine rings is 1. The van der Waals surface area contributed by atoms with E-state index in [0.717, 1.165) is 17.7 Å². The summed E-state index contributed by atoms with van der Waals surface area (Å²) < 4.78 is 0. The maximum Gasteiger partial charge on any atom is 0.255 e. The normalized spacial score (nSPS) is 19.4. The number of hydrogen-bond donors (Lipinski definition) is 1. The van der Waals surface area contributed by atoms with Gasteiger partial charge in [0.2, 0.25) is 5.91 Å². The molecule has 5 nitrogen and oxygen atoms in total. The van der Waals surface area contributed by atoms with E-state index in [1.165, 1.54) is 0 Å². The van der Waals surface area contributed by atoms with E-state index in [9.17, 15) is 9.59 Å². The fraction of sp³-hybridized carbons (Fsp3) is 0.350. The van der Waals surface area contributed by atoms with Crippen LogP contribution in [0.15, 0.2) is 48.7 Å². The van der Waals surface area contributed by atoms with Gasteiger partial charge in [0.1, 0.15) is 6.04 Å². The van der Waals surface area contributed by atoms with Gasteiger partial charge in [-0.1, -0.05) is 30.7 Å². The average Bonchev–Trinajstić information content (AvgIpc) is 3.10. The van der Waals surface area contributed by atoms with Gasteiger partial charge >= 0.3 is 0 Å². The summed E-state index contributed by atoms with van der Waals surface area (Å²) in [5.74, 6) is 0.410. The maximum absolute atomic E-state index is 13.1. The van der Waals surface area contributed by atoms with Crippen molar-refractivity contribution < 1.29 is 9.59 Å². The minimum absolute atomic E-state index is 0.0219. The Labute approximate surface area is 158 Å². The number of aryl methyl sites for hydroxylation is 1. The first kappa shape index (κ1) is 18.5. The topological polar surface area (TPSA) is 62.3 Å². The number of carbonyl (C=O) groups is 2. The third-order valence-corrected chi connectivity index (χ3v) is 5.87. The zero-order chi connectivity index (χ0) is 18.5. The van der Waals surface area contributed by atoms with Crippen molar-refractivity contribution in [2.45, 2.75) is 38.2 Å². The van der Waals surface area contributed by atoms with Crippen LogP contribution in [0.2, 0.25) is 0 Å². The number of thioether (sulfide) groups is 1. The highest BCUT2D eigenvalue weighted by Gasteiger charge is 2.40. The molecule has 3 rings (SSSR count). The van der Waals surface area contributed by atoms with Gasteiger partial charge in [-0.3, -0.25) is 14.6 Å². The molecule has 2 heterocycles. The number of amides is 2. The Morgan fingerprint density at radius 2 is 2.12 bits per heavy atom. The Morgan fingerprint density at radius 3 is 2.81 bits per heavy atom. The molecule has 1 N–H and O–H groups in total. The molecule has 0 radical (unpaired) electrons. The molecule has 1 fully saturated rings. The van der Waals surface area contributed by atoms with Crippen LogP contribution in [0.4, 0.5) is 0 Å². The van der Waals surface area contributed by atoms with E-state index in [4.69, 9.17) is 0 Å². The molecule has 136 valence electrons. The molecule has 2 atom stereocenters. The summed E-state index contributed by atoms with van der Waals surface area (Å²) in [5.41, 5.74) is 2.47. The quantitative estimate of drug-likeness (QED) is 0.880. The van der Waals surface area contributed by atoms with E-state index in [0.29, 0.717) is 17.9 Å². The van der Waals surface area contributed by atoms with Gasteiger partial charge in [-0.05, 0) is 37.6 Å². The van der Waals surface area contributed by atoms with Crippen LogP contribution in [-0.2, 0) is 11.3 Å². The van der Waals surface area contributed by atoms with Gasteiger partial charge in [0, 0.05) is 17.5 Å². The van der Waals surface area contributed by atoms with Crippen LogP contribution >= 0.6 is 11.8 Å². The molecule has 6 heteroatoms. The SMILES string of the molecule is CCC1SCC(C(=O)NCc2ccccn2)N1C(=O)c1cccc(C)c1. The highest BCUT2D eigenvalue weighted by molar-refractivity contribution is 8.00. The standard InChI is InChI=1S/C20H23N3O2S/c1-3-18-23(20(25)15-8-6-7-14(2)11-15)17(13-26-18)19(24)22-12-16-9-4-5-10-21-16/h4-11,17-18H,3,12-13H2,1-2H3,(H,22,24). The Morgan fingerprint density at radius 1 is 1.27 bits per heavy atom. The molecule has 0 saturated carbocycles. The summed E-state index contributed by atoms with van der Waals surface area (Å²) >= 11 is 1.66. The largest absolute Gasteiger partial charge is 0.349 e. The molecule has 1 aromatic heterocycles. The molecule has 0 aliphatic carbocycles. The number of nitrogens with zero attached hydrogens (tertiary/aromatic N) is 2. The number of carbonyl (C=O) groups excluding carboxylic acids is 2. The smallest absolute Gasteiger partial charge is 0.255 e. The van der Waals surface area contributed by atoms with Crippen LogP contribution in [0.5, 0.6) is 0 Å². The van der Waals surface area contributed by atoms with Crippen LogP contribution in [0.3, 0.4) is 0 Å². The summed E-state index contributed by atoms with van der Waals surface area (Å²) in [5, 5.41) is 2.95. The van der Waals surface area contributed by atoms with Crippen LogP contribution in [-0.4, -0.2) is 38.9 Å². The third kappa shape index (κ3) is 4.07. The molecule has 0 spiro atoms. The second-order valence-corrected chi connectivity index (χ2v) is 7.54. The van der Waals surface area contributed by atoms with E-state index < -0.39 is 6.04 Å². The van der Waals surface area contributed by atoms with E-state index >= 15 is 0 Å². The van der Waals surface area contributed by atoms with Crippen LogP contribution in [0.1, 0.15) is 35.0 Å². The van der Waals surface area contributed by atoms with Gasteiger partial charge in [-0.15, -0.1) is 11.8 Å². The molecule has 1 aliphatic rings. The van der Waals surface area contributed by atoms with E-state index in [1.54, 1.807) is 22.9 Å². The summed E-state index contributed by atoms with van der Waals surface area (Å²) in [6, 6.07) is 12.7. The van der Waals surface area contributed by atoms with Crippen LogP contribution in [0, 0.1) is 6.92 Å². The van der Waals surface area contributed by atoms with Crippen molar-refractivity contribution in [1.29, 1.82) is 0 Å². The van der Waals surface area contributed by atoms with Gasteiger partial charge in [-0.25, -0.2) is 0 Å². The Bertz CT molecular complexity index is 782. The first-order valence-corrected chi connectivity index (χ1v) is 9.83. The molecule has 2 unspecified atom stereocenters. The molecule has 26 heavy (non-hydrogen) atoms. The lowest BCUT2D eigenvalue weighted by atomic mass is 10.1. The Kier molecular flexibility index (Phi) is 5.93. The van der Waals surface area contributed by atoms with Crippen molar-refractivity contribution >= 4 is 23.6 Å². The predicted octanol–water partition coefficient (Wildman–Crippen LogP) is 3.00. The lowest BCUT2D eigenvalue weighted by molar-refractivity contribution is -0.125. The molecule has 1 saturated heterocycles. The van der Waals surface area contributed by atoms with Gasteiger partial charge in [0.15, 0.2) is 0 Å². The van der Waals surface area contributed by atoms with Gasteiger partial charge in [0.25, 0.3) is 5.91 Å². The highest BCUT2D eigenvalue weighted by Crippen LogP contribution is 2.32. The lowest BCUT2D eigenvalue weighted by Crippen LogP contribution is -2.49.